The highest BCUT2D eigenvalue weighted by molar-refractivity contribution is 4.92. The number of likely N-dealkylation sites (N-methyl/N-ethyl adjacent to an activating group) is 1. The molecule has 1 saturated carbocycles. The van der Waals surface area contributed by atoms with Crippen molar-refractivity contribution in [3.8, 4) is 0 Å². The Kier molecular flexibility index (Phi) is 6.48. The number of aliphatic hydroxyl groups is 1. The maximum atomic E-state index is 9.63. The number of hydrogen-bond acceptors (Lipinski definition) is 4. The Balaban J connectivity index is 1.62. The molecule has 0 aromatic carbocycles. The molecule has 21 heavy (non-hydrogen) atoms. The second kappa shape index (κ2) is 7.91. The van der Waals surface area contributed by atoms with E-state index in [-0.39, 0.29) is 12.1 Å². The maximum absolute atomic E-state index is 9.63. The average molecular weight is 297 g/mol. The molecule has 2 aliphatic rings. The van der Waals surface area contributed by atoms with Crippen LogP contribution in [0.5, 0.6) is 0 Å². The van der Waals surface area contributed by atoms with Crippen molar-refractivity contribution in [3.63, 3.8) is 0 Å². The fourth-order valence-electron chi connectivity index (χ4n) is 3.42. The van der Waals surface area contributed by atoms with Crippen LogP contribution in [0.4, 0.5) is 0 Å². The molecule has 124 valence electrons. The number of rotatable bonds is 9. The van der Waals surface area contributed by atoms with E-state index in [0.717, 1.165) is 12.5 Å². The zero-order valence-electron chi connectivity index (χ0n) is 14.3. The van der Waals surface area contributed by atoms with Crippen LogP contribution in [-0.2, 0) is 0 Å². The van der Waals surface area contributed by atoms with Gasteiger partial charge in [0.2, 0.25) is 0 Å². The molecule has 0 spiro atoms. The van der Waals surface area contributed by atoms with Crippen LogP contribution in [-0.4, -0.2) is 72.4 Å². The van der Waals surface area contributed by atoms with Gasteiger partial charge in [-0.05, 0) is 52.6 Å². The maximum Gasteiger partial charge on any atom is 0.0610 e. The van der Waals surface area contributed by atoms with E-state index in [2.05, 4.69) is 36.0 Å². The van der Waals surface area contributed by atoms with Crippen molar-refractivity contribution in [3.05, 3.63) is 0 Å². The number of unbranched alkanes of at least 4 members (excludes halogenated alkanes) is 1. The summed E-state index contributed by atoms with van der Waals surface area (Å²) in [6.45, 7) is 9.59. The van der Waals surface area contributed by atoms with Gasteiger partial charge in [0, 0.05) is 37.3 Å². The minimum absolute atomic E-state index is 0.0603. The van der Waals surface area contributed by atoms with Crippen LogP contribution in [0.25, 0.3) is 0 Å². The summed E-state index contributed by atoms with van der Waals surface area (Å²) < 4.78 is 0. The van der Waals surface area contributed by atoms with E-state index < -0.39 is 0 Å². The number of aliphatic hydroxyl groups excluding tert-OH is 1. The number of nitrogens with zero attached hydrogens (tertiary/aromatic N) is 2. The average Bonchev–Trinajstić information content (AvgIpc) is 3.29. The fraction of sp³-hybridized carbons (Fsp3) is 1.00. The number of hydrogen-bond donors (Lipinski definition) is 2. The summed E-state index contributed by atoms with van der Waals surface area (Å²) in [4.78, 5) is 5.12. The lowest BCUT2D eigenvalue weighted by atomic mass is 9.95. The molecular formula is C17H35N3O. The highest BCUT2D eigenvalue weighted by atomic mass is 16.3. The molecule has 0 radical (unpaired) electrons. The topological polar surface area (TPSA) is 38.7 Å². The summed E-state index contributed by atoms with van der Waals surface area (Å²) in [5, 5.41) is 13.2. The van der Waals surface area contributed by atoms with Gasteiger partial charge in [0.15, 0.2) is 0 Å². The highest BCUT2D eigenvalue weighted by Gasteiger charge is 2.31. The highest BCUT2D eigenvalue weighted by Crippen LogP contribution is 2.25. The Morgan fingerprint density at radius 3 is 2.62 bits per heavy atom. The van der Waals surface area contributed by atoms with Crippen LogP contribution in [0.1, 0.15) is 52.4 Å². The van der Waals surface area contributed by atoms with E-state index in [1.165, 1.54) is 58.3 Å². The molecular weight excluding hydrogens is 262 g/mol. The number of nitrogens with one attached hydrogen (secondary N) is 1. The second-order valence-electron chi connectivity index (χ2n) is 7.44. The molecule has 2 unspecified atom stereocenters. The number of piperazine rings is 1. The van der Waals surface area contributed by atoms with E-state index in [4.69, 9.17) is 0 Å². The second-order valence-corrected chi connectivity index (χ2v) is 7.44. The summed E-state index contributed by atoms with van der Waals surface area (Å²) in [6.07, 6.45) is 7.37. The Bertz CT molecular complexity index is 308. The molecule has 0 bridgehead atoms. The van der Waals surface area contributed by atoms with Crippen LogP contribution in [0.15, 0.2) is 0 Å². The largest absolute Gasteiger partial charge is 0.394 e. The predicted molar refractivity (Wildman–Crippen MR) is 88.6 cm³/mol. The SMILES string of the molecule is CCC1CN(CCCCC(C)(CO)NC2CC2)CCN1C. The smallest absolute Gasteiger partial charge is 0.0610 e. The third-order valence-electron chi connectivity index (χ3n) is 5.26. The van der Waals surface area contributed by atoms with Crippen molar-refractivity contribution in [2.75, 3.05) is 39.8 Å². The van der Waals surface area contributed by atoms with E-state index in [9.17, 15) is 5.11 Å². The summed E-state index contributed by atoms with van der Waals surface area (Å²) in [5.41, 5.74) is -0.0603. The zero-order chi connectivity index (χ0) is 15.3. The molecule has 0 aromatic heterocycles. The normalized spacial score (nSPS) is 27.7. The minimum Gasteiger partial charge on any atom is -0.394 e. The summed E-state index contributed by atoms with van der Waals surface area (Å²) in [6, 6.07) is 1.41. The van der Waals surface area contributed by atoms with Gasteiger partial charge in [-0.3, -0.25) is 0 Å². The van der Waals surface area contributed by atoms with Crippen LogP contribution in [0, 0.1) is 0 Å². The van der Waals surface area contributed by atoms with Crippen LogP contribution in [0.2, 0.25) is 0 Å². The molecule has 4 nitrogen and oxygen atoms in total. The Morgan fingerprint density at radius 2 is 2.00 bits per heavy atom. The van der Waals surface area contributed by atoms with Gasteiger partial charge in [0.25, 0.3) is 0 Å². The molecule has 2 rings (SSSR count). The molecule has 1 aliphatic carbocycles. The molecule has 1 heterocycles. The molecule has 2 atom stereocenters. The van der Waals surface area contributed by atoms with E-state index in [1.807, 2.05) is 0 Å². The first-order chi connectivity index (χ1) is 10.1. The van der Waals surface area contributed by atoms with Gasteiger partial charge in [0.05, 0.1) is 6.61 Å². The lowest BCUT2D eigenvalue weighted by Gasteiger charge is -2.39. The molecule has 1 saturated heterocycles. The zero-order valence-corrected chi connectivity index (χ0v) is 14.3. The van der Waals surface area contributed by atoms with Gasteiger partial charge in [-0.15, -0.1) is 0 Å². The van der Waals surface area contributed by atoms with Crippen molar-refractivity contribution in [2.24, 2.45) is 0 Å². The Hall–Kier alpha value is -0.160. The Morgan fingerprint density at radius 1 is 1.24 bits per heavy atom. The van der Waals surface area contributed by atoms with Crippen molar-refractivity contribution >= 4 is 0 Å². The van der Waals surface area contributed by atoms with Crippen LogP contribution >= 0.6 is 0 Å². The standard InChI is InChI=1S/C17H35N3O/c1-4-16-13-20(12-11-19(16)3)10-6-5-9-17(2,14-21)18-15-7-8-15/h15-16,18,21H,4-14H2,1-3H3. The van der Waals surface area contributed by atoms with Crippen LogP contribution in [0.3, 0.4) is 0 Å². The minimum atomic E-state index is -0.0603. The first-order valence-corrected chi connectivity index (χ1v) is 8.87. The molecule has 4 heteroatoms. The van der Waals surface area contributed by atoms with E-state index in [1.54, 1.807) is 0 Å². The molecule has 2 N–H and O–H groups in total. The molecule has 1 aliphatic heterocycles. The van der Waals surface area contributed by atoms with Gasteiger partial charge >= 0.3 is 0 Å². The Labute approximate surface area is 130 Å². The van der Waals surface area contributed by atoms with Gasteiger partial charge in [-0.2, -0.15) is 0 Å². The monoisotopic (exact) mass is 297 g/mol. The lowest BCUT2D eigenvalue weighted by molar-refractivity contribution is 0.0905. The summed E-state index contributed by atoms with van der Waals surface area (Å²) >= 11 is 0. The quantitative estimate of drug-likeness (QED) is 0.635. The summed E-state index contributed by atoms with van der Waals surface area (Å²) in [5.74, 6) is 0. The van der Waals surface area contributed by atoms with Crippen molar-refractivity contribution in [2.45, 2.75) is 70.0 Å². The van der Waals surface area contributed by atoms with Crippen molar-refractivity contribution in [1.82, 2.24) is 15.1 Å². The van der Waals surface area contributed by atoms with Crippen molar-refractivity contribution < 1.29 is 5.11 Å². The third-order valence-corrected chi connectivity index (χ3v) is 5.26. The van der Waals surface area contributed by atoms with Gasteiger partial charge in [0.1, 0.15) is 0 Å². The molecule has 0 amide bonds. The predicted octanol–water partition coefficient (Wildman–Crippen LogP) is 1.69. The van der Waals surface area contributed by atoms with E-state index >= 15 is 0 Å². The molecule has 0 aromatic rings. The van der Waals surface area contributed by atoms with Crippen molar-refractivity contribution in [1.29, 1.82) is 0 Å². The third kappa shape index (κ3) is 5.51. The first-order valence-electron chi connectivity index (χ1n) is 8.87. The molecule has 2 fully saturated rings. The first kappa shape index (κ1) is 17.2. The van der Waals surface area contributed by atoms with E-state index in [0.29, 0.717) is 6.04 Å². The lowest BCUT2D eigenvalue weighted by Crippen LogP contribution is -2.51. The van der Waals surface area contributed by atoms with Gasteiger partial charge in [-0.1, -0.05) is 13.3 Å². The summed E-state index contributed by atoms with van der Waals surface area (Å²) in [7, 11) is 2.25. The van der Waals surface area contributed by atoms with Gasteiger partial charge in [-0.25, -0.2) is 0 Å². The van der Waals surface area contributed by atoms with Crippen LogP contribution < -0.4 is 5.32 Å². The fourth-order valence-corrected chi connectivity index (χ4v) is 3.42. The van der Waals surface area contributed by atoms with Gasteiger partial charge < -0.3 is 20.2 Å².